The zero-order chi connectivity index (χ0) is 15.1. The van der Waals surface area contributed by atoms with E-state index in [0.717, 1.165) is 0 Å². The number of rotatable bonds is 6. The van der Waals surface area contributed by atoms with Crippen molar-refractivity contribution in [1.29, 1.82) is 0 Å². The zero-order valence-electron chi connectivity index (χ0n) is 11.4. The van der Waals surface area contributed by atoms with E-state index in [1.54, 1.807) is 18.2 Å². The van der Waals surface area contributed by atoms with Gasteiger partial charge in [0.1, 0.15) is 0 Å². The zero-order valence-corrected chi connectivity index (χ0v) is 12.3. The number of likely N-dealkylation sites (N-methyl/N-ethyl adjacent to an activating group) is 1. The number of nitro groups is 1. The first-order valence-corrected chi connectivity index (χ1v) is 5.88. The molecule has 0 aromatic heterocycles. The lowest BCUT2D eigenvalue weighted by molar-refractivity contribution is -0.385. The minimum absolute atomic E-state index is 0. The number of nitrogens with zero attached hydrogens (tertiary/aromatic N) is 2. The summed E-state index contributed by atoms with van der Waals surface area (Å²) in [6.07, 6.45) is 0. The Morgan fingerprint density at radius 1 is 1.38 bits per heavy atom. The predicted octanol–water partition coefficient (Wildman–Crippen LogP) is 0.0499. The Bertz CT molecular complexity index is 524. The molecular formula is C12H17ClN4O4. The molecular weight excluding hydrogens is 300 g/mol. The lowest BCUT2D eigenvalue weighted by atomic mass is 10.1. The summed E-state index contributed by atoms with van der Waals surface area (Å²) >= 11 is 0. The van der Waals surface area contributed by atoms with E-state index in [1.807, 2.05) is 0 Å². The number of amides is 2. The Morgan fingerprint density at radius 2 is 2.00 bits per heavy atom. The van der Waals surface area contributed by atoms with Crippen LogP contribution in [-0.2, 0) is 16.1 Å². The maximum absolute atomic E-state index is 11.7. The fourth-order valence-electron chi connectivity index (χ4n) is 1.55. The summed E-state index contributed by atoms with van der Waals surface area (Å²) < 4.78 is 0. The first kappa shape index (κ1) is 18.8. The van der Waals surface area contributed by atoms with E-state index >= 15 is 0 Å². The van der Waals surface area contributed by atoms with Crippen LogP contribution in [-0.4, -0.2) is 41.8 Å². The molecule has 0 saturated carbocycles. The van der Waals surface area contributed by atoms with Crippen LogP contribution in [0.25, 0.3) is 0 Å². The third-order valence-corrected chi connectivity index (χ3v) is 2.64. The normalized spacial score (nSPS) is 9.43. The standard InChI is InChI=1S/C12H16N4O4.ClH/c1-15(12(18)7-14-11(17)6-13)8-9-4-2-3-5-10(9)16(19)20;/h2-5H,6-8,13H2,1H3,(H,14,17);1H. The highest BCUT2D eigenvalue weighted by atomic mass is 35.5. The molecule has 0 aliphatic rings. The van der Waals surface area contributed by atoms with E-state index in [1.165, 1.54) is 18.0 Å². The van der Waals surface area contributed by atoms with Crippen LogP contribution in [0.15, 0.2) is 24.3 Å². The minimum atomic E-state index is -0.496. The van der Waals surface area contributed by atoms with E-state index < -0.39 is 10.8 Å². The van der Waals surface area contributed by atoms with Gasteiger partial charge in [0.05, 0.1) is 24.6 Å². The molecule has 21 heavy (non-hydrogen) atoms. The maximum Gasteiger partial charge on any atom is 0.274 e. The highest BCUT2D eigenvalue weighted by Gasteiger charge is 2.16. The van der Waals surface area contributed by atoms with Crippen molar-refractivity contribution in [3.63, 3.8) is 0 Å². The molecule has 1 aromatic carbocycles. The van der Waals surface area contributed by atoms with E-state index in [0.29, 0.717) is 5.56 Å². The second-order valence-corrected chi connectivity index (χ2v) is 4.12. The topological polar surface area (TPSA) is 119 Å². The van der Waals surface area contributed by atoms with Gasteiger partial charge in [-0.25, -0.2) is 0 Å². The Kier molecular flexibility index (Phi) is 7.95. The number of carbonyl (C=O) groups excluding carboxylic acids is 2. The SMILES string of the molecule is CN(Cc1ccccc1[N+](=O)[O-])C(=O)CNC(=O)CN.Cl. The molecule has 3 N–H and O–H groups in total. The number of hydrogen-bond acceptors (Lipinski definition) is 5. The Morgan fingerprint density at radius 3 is 2.57 bits per heavy atom. The number of para-hydroxylation sites is 1. The van der Waals surface area contributed by atoms with Gasteiger partial charge in [-0.3, -0.25) is 19.7 Å². The van der Waals surface area contributed by atoms with Gasteiger partial charge in [-0.1, -0.05) is 18.2 Å². The second kappa shape index (κ2) is 8.88. The molecule has 9 heteroatoms. The number of nitrogens with one attached hydrogen (secondary N) is 1. The summed E-state index contributed by atoms with van der Waals surface area (Å²) in [5.41, 5.74) is 5.48. The lowest BCUT2D eigenvalue weighted by Gasteiger charge is -2.17. The smallest absolute Gasteiger partial charge is 0.274 e. The minimum Gasteiger partial charge on any atom is -0.346 e. The van der Waals surface area contributed by atoms with Crippen LogP contribution in [0.3, 0.4) is 0 Å². The number of nitrogens with two attached hydrogens (primary N) is 1. The fraction of sp³-hybridized carbons (Fsp3) is 0.333. The predicted molar refractivity (Wildman–Crippen MR) is 78.9 cm³/mol. The molecule has 0 spiro atoms. The molecule has 0 aliphatic carbocycles. The molecule has 1 aromatic rings. The second-order valence-electron chi connectivity index (χ2n) is 4.12. The molecule has 0 aliphatic heterocycles. The highest BCUT2D eigenvalue weighted by molar-refractivity contribution is 5.85. The maximum atomic E-state index is 11.7. The molecule has 0 radical (unpaired) electrons. The lowest BCUT2D eigenvalue weighted by Crippen LogP contribution is -2.40. The van der Waals surface area contributed by atoms with E-state index in [4.69, 9.17) is 5.73 Å². The molecule has 0 fully saturated rings. The van der Waals surface area contributed by atoms with Gasteiger partial charge in [-0.2, -0.15) is 0 Å². The summed E-state index contributed by atoms with van der Waals surface area (Å²) in [7, 11) is 1.51. The number of carbonyl (C=O) groups is 2. The van der Waals surface area contributed by atoms with Gasteiger partial charge in [0.2, 0.25) is 11.8 Å². The van der Waals surface area contributed by atoms with Gasteiger partial charge in [-0.15, -0.1) is 12.4 Å². The van der Waals surface area contributed by atoms with Crippen LogP contribution in [0, 0.1) is 10.1 Å². The first-order valence-electron chi connectivity index (χ1n) is 5.88. The molecule has 0 heterocycles. The van der Waals surface area contributed by atoms with Crippen LogP contribution in [0.1, 0.15) is 5.56 Å². The third-order valence-electron chi connectivity index (χ3n) is 2.64. The Balaban J connectivity index is 0.00000400. The van der Waals surface area contributed by atoms with Crippen molar-refractivity contribution in [2.24, 2.45) is 5.73 Å². The number of nitro benzene ring substituents is 1. The van der Waals surface area contributed by atoms with Gasteiger partial charge in [0.15, 0.2) is 0 Å². The van der Waals surface area contributed by atoms with Crippen LogP contribution in [0.4, 0.5) is 5.69 Å². The molecule has 0 unspecified atom stereocenters. The van der Waals surface area contributed by atoms with Crippen molar-refractivity contribution in [3.05, 3.63) is 39.9 Å². The van der Waals surface area contributed by atoms with Crippen molar-refractivity contribution in [1.82, 2.24) is 10.2 Å². The van der Waals surface area contributed by atoms with Gasteiger partial charge in [0, 0.05) is 18.7 Å². The summed E-state index contributed by atoms with van der Waals surface area (Å²) in [6.45, 7) is -0.289. The Hall–Kier alpha value is -2.19. The third kappa shape index (κ3) is 5.76. The number of benzene rings is 1. The Labute approximate surface area is 127 Å². The average molecular weight is 317 g/mol. The number of hydrogen-bond donors (Lipinski definition) is 2. The summed E-state index contributed by atoms with van der Waals surface area (Å²) in [6, 6.07) is 6.19. The molecule has 116 valence electrons. The molecule has 1 rings (SSSR count). The van der Waals surface area contributed by atoms with Gasteiger partial charge in [-0.05, 0) is 0 Å². The average Bonchev–Trinajstić information content (AvgIpc) is 2.44. The van der Waals surface area contributed by atoms with Crippen molar-refractivity contribution in [3.8, 4) is 0 Å². The van der Waals surface area contributed by atoms with Crippen LogP contribution >= 0.6 is 12.4 Å². The van der Waals surface area contributed by atoms with Crippen molar-refractivity contribution >= 4 is 29.9 Å². The van der Waals surface area contributed by atoms with Crippen molar-refractivity contribution in [2.75, 3.05) is 20.1 Å². The molecule has 2 amide bonds. The van der Waals surface area contributed by atoms with E-state index in [2.05, 4.69) is 5.32 Å². The molecule has 0 atom stereocenters. The van der Waals surface area contributed by atoms with Crippen LogP contribution in [0.2, 0.25) is 0 Å². The van der Waals surface area contributed by atoms with Crippen LogP contribution in [0.5, 0.6) is 0 Å². The number of halogens is 1. The van der Waals surface area contributed by atoms with E-state index in [-0.39, 0.29) is 43.6 Å². The fourth-order valence-corrected chi connectivity index (χ4v) is 1.55. The van der Waals surface area contributed by atoms with E-state index in [9.17, 15) is 19.7 Å². The molecule has 0 saturated heterocycles. The molecule has 0 bridgehead atoms. The van der Waals surface area contributed by atoms with Crippen LogP contribution < -0.4 is 11.1 Å². The summed E-state index contributed by atoms with van der Waals surface area (Å²) in [4.78, 5) is 34.4. The van der Waals surface area contributed by atoms with Gasteiger partial charge < -0.3 is 16.0 Å². The monoisotopic (exact) mass is 316 g/mol. The highest BCUT2D eigenvalue weighted by Crippen LogP contribution is 2.18. The summed E-state index contributed by atoms with van der Waals surface area (Å²) in [5.74, 6) is -0.789. The van der Waals surface area contributed by atoms with Crippen molar-refractivity contribution in [2.45, 2.75) is 6.54 Å². The van der Waals surface area contributed by atoms with Crippen molar-refractivity contribution < 1.29 is 14.5 Å². The largest absolute Gasteiger partial charge is 0.346 e. The van der Waals surface area contributed by atoms with Gasteiger partial charge >= 0.3 is 0 Å². The first-order chi connectivity index (χ1) is 9.45. The van der Waals surface area contributed by atoms with Gasteiger partial charge in [0.25, 0.3) is 5.69 Å². The quantitative estimate of drug-likeness (QED) is 0.568. The molecule has 8 nitrogen and oxygen atoms in total. The summed E-state index contributed by atoms with van der Waals surface area (Å²) in [5, 5.41) is 13.2.